The number of carboxylic acids is 1. The summed E-state index contributed by atoms with van der Waals surface area (Å²) in [7, 11) is 0. The summed E-state index contributed by atoms with van der Waals surface area (Å²) in [6.45, 7) is 0.778. The van der Waals surface area contributed by atoms with E-state index in [2.05, 4.69) is 0 Å². The third-order valence-electron chi connectivity index (χ3n) is 3.64. The number of halogens is 1. The van der Waals surface area contributed by atoms with Crippen LogP contribution in [0.4, 0.5) is 4.39 Å². The molecule has 1 aromatic rings. The molecule has 1 N–H and O–H groups in total. The van der Waals surface area contributed by atoms with Crippen LogP contribution in [-0.4, -0.2) is 17.7 Å². The van der Waals surface area contributed by atoms with Crippen molar-refractivity contribution in [3.63, 3.8) is 0 Å². The average molecular weight is 266 g/mol. The Morgan fingerprint density at radius 1 is 1.32 bits per heavy atom. The van der Waals surface area contributed by atoms with Gasteiger partial charge in [-0.25, -0.2) is 9.18 Å². The van der Waals surface area contributed by atoms with Gasteiger partial charge in [0.2, 0.25) is 0 Å². The summed E-state index contributed by atoms with van der Waals surface area (Å²) in [5.74, 6) is -1.36. The van der Waals surface area contributed by atoms with E-state index >= 15 is 0 Å². The van der Waals surface area contributed by atoms with E-state index in [9.17, 15) is 9.18 Å². The van der Waals surface area contributed by atoms with Gasteiger partial charge in [0.05, 0.1) is 12.2 Å². The molecule has 0 saturated heterocycles. The Morgan fingerprint density at radius 3 is 2.74 bits per heavy atom. The third kappa shape index (κ3) is 3.77. The largest absolute Gasteiger partial charge is 0.478 e. The van der Waals surface area contributed by atoms with Crippen LogP contribution in [0.2, 0.25) is 0 Å². The number of rotatable bonds is 5. The highest BCUT2D eigenvalue weighted by Crippen LogP contribution is 2.24. The van der Waals surface area contributed by atoms with E-state index in [1.54, 1.807) is 12.1 Å². The average Bonchev–Trinajstić information content (AvgIpc) is 2.41. The standard InChI is InChI=1S/C15H19FO3/c16-14-12(7-4-8-13(14)15(17)18)10-19-9-11-5-2-1-3-6-11/h4,7-8,11H,1-3,5-6,9-10H2,(H,17,18). The van der Waals surface area contributed by atoms with Gasteiger partial charge in [-0.2, -0.15) is 0 Å². The Kier molecular flexibility index (Phi) is 4.91. The van der Waals surface area contributed by atoms with E-state index in [-0.39, 0.29) is 12.2 Å². The van der Waals surface area contributed by atoms with Crippen LogP contribution in [0.3, 0.4) is 0 Å². The maximum atomic E-state index is 13.8. The quantitative estimate of drug-likeness (QED) is 0.885. The van der Waals surface area contributed by atoms with Gasteiger partial charge in [-0.1, -0.05) is 31.4 Å². The van der Waals surface area contributed by atoms with Crippen molar-refractivity contribution in [3.05, 3.63) is 35.1 Å². The molecule has 0 atom stereocenters. The summed E-state index contributed by atoms with van der Waals surface area (Å²) >= 11 is 0. The minimum Gasteiger partial charge on any atom is -0.478 e. The van der Waals surface area contributed by atoms with Crippen LogP contribution in [0.1, 0.15) is 48.0 Å². The maximum Gasteiger partial charge on any atom is 0.338 e. The van der Waals surface area contributed by atoms with Crippen LogP contribution in [0.5, 0.6) is 0 Å². The molecule has 1 saturated carbocycles. The normalized spacial score (nSPS) is 16.5. The van der Waals surface area contributed by atoms with Crippen LogP contribution in [-0.2, 0) is 11.3 Å². The second kappa shape index (κ2) is 6.66. The Morgan fingerprint density at radius 2 is 2.05 bits per heavy atom. The Bertz CT molecular complexity index is 439. The van der Waals surface area contributed by atoms with Crippen molar-refractivity contribution in [1.29, 1.82) is 0 Å². The van der Waals surface area contributed by atoms with E-state index < -0.39 is 11.8 Å². The van der Waals surface area contributed by atoms with Gasteiger partial charge >= 0.3 is 5.97 Å². The van der Waals surface area contributed by atoms with Gasteiger partial charge in [0, 0.05) is 12.2 Å². The SMILES string of the molecule is O=C(O)c1cccc(COCC2CCCCC2)c1F. The smallest absolute Gasteiger partial charge is 0.338 e. The first-order valence-corrected chi connectivity index (χ1v) is 6.77. The molecule has 0 aliphatic heterocycles. The van der Waals surface area contributed by atoms with E-state index in [0.717, 1.165) is 0 Å². The zero-order valence-electron chi connectivity index (χ0n) is 10.9. The third-order valence-corrected chi connectivity index (χ3v) is 3.64. The molecule has 0 amide bonds. The van der Waals surface area contributed by atoms with Crippen LogP contribution < -0.4 is 0 Å². The van der Waals surface area contributed by atoms with Gasteiger partial charge in [0.15, 0.2) is 0 Å². The van der Waals surface area contributed by atoms with Crippen molar-refractivity contribution >= 4 is 5.97 Å². The molecule has 0 radical (unpaired) electrons. The molecule has 1 aliphatic carbocycles. The monoisotopic (exact) mass is 266 g/mol. The molecular weight excluding hydrogens is 247 g/mol. The zero-order valence-corrected chi connectivity index (χ0v) is 10.9. The fourth-order valence-electron chi connectivity index (χ4n) is 2.55. The van der Waals surface area contributed by atoms with Crippen molar-refractivity contribution in [1.82, 2.24) is 0 Å². The molecule has 0 spiro atoms. The molecule has 104 valence electrons. The van der Waals surface area contributed by atoms with Gasteiger partial charge < -0.3 is 9.84 Å². The number of benzene rings is 1. The van der Waals surface area contributed by atoms with Gasteiger partial charge in [-0.05, 0) is 24.8 Å². The highest BCUT2D eigenvalue weighted by atomic mass is 19.1. The van der Waals surface area contributed by atoms with Crippen molar-refractivity contribution in [3.8, 4) is 0 Å². The fourth-order valence-corrected chi connectivity index (χ4v) is 2.55. The number of hydrogen-bond acceptors (Lipinski definition) is 2. The Hall–Kier alpha value is -1.42. The van der Waals surface area contributed by atoms with Crippen molar-refractivity contribution < 1.29 is 19.0 Å². The van der Waals surface area contributed by atoms with Crippen LogP contribution in [0, 0.1) is 11.7 Å². The lowest BCUT2D eigenvalue weighted by Crippen LogP contribution is -2.14. The van der Waals surface area contributed by atoms with Gasteiger partial charge in [0.25, 0.3) is 0 Å². The molecule has 4 heteroatoms. The van der Waals surface area contributed by atoms with E-state index in [1.807, 2.05) is 0 Å². The topological polar surface area (TPSA) is 46.5 Å². The molecule has 2 rings (SSSR count). The van der Waals surface area contributed by atoms with E-state index in [0.29, 0.717) is 18.1 Å². The molecule has 1 fully saturated rings. The van der Waals surface area contributed by atoms with Crippen LogP contribution in [0.25, 0.3) is 0 Å². The van der Waals surface area contributed by atoms with Crippen molar-refractivity contribution in [2.24, 2.45) is 5.92 Å². The van der Waals surface area contributed by atoms with Crippen LogP contribution >= 0.6 is 0 Å². The Labute approximate surface area is 112 Å². The summed E-state index contributed by atoms with van der Waals surface area (Å²) in [4.78, 5) is 10.8. The highest BCUT2D eigenvalue weighted by Gasteiger charge is 2.16. The summed E-state index contributed by atoms with van der Waals surface area (Å²) < 4.78 is 19.4. The lowest BCUT2D eigenvalue weighted by molar-refractivity contribution is 0.0678. The maximum absolute atomic E-state index is 13.8. The predicted molar refractivity (Wildman–Crippen MR) is 69.6 cm³/mol. The number of ether oxygens (including phenoxy) is 1. The summed E-state index contributed by atoms with van der Waals surface area (Å²) in [6.07, 6.45) is 6.15. The summed E-state index contributed by atoms with van der Waals surface area (Å²) in [5, 5.41) is 8.84. The van der Waals surface area contributed by atoms with E-state index in [1.165, 1.54) is 38.2 Å². The molecule has 1 aliphatic rings. The fraction of sp³-hybridized carbons (Fsp3) is 0.533. The highest BCUT2D eigenvalue weighted by molar-refractivity contribution is 5.88. The van der Waals surface area contributed by atoms with E-state index in [4.69, 9.17) is 9.84 Å². The lowest BCUT2D eigenvalue weighted by atomic mass is 9.90. The summed E-state index contributed by atoms with van der Waals surface area (Å²) in [6, 6.07) is 4.39. The van der Waals surface area contributed by atoms with Crippen molar-refractivity contribution in [2.45, 2.75) is 38.7 Å². The lowest BCUT2D eigenvalue weighted by Gasteiger charge is -2.21. The second-order valence-corrected chi connectivity index (χ2v) is 5.10. The predicted octanol–water partition coefficient (Wildman–Crippen LogP) is 3.62. The second-order valence-electron chi connectivity index (χ2n) is 5.10. The number of aromatic carboxylic acids is 1. The van der Waals surface area contributed by atoms with Gasteiger partial charge in [-0.15, -0.1) is 0 Å². The molecule has 19 heavy (non-hydrogen) atoms. The van der Waals surface area contributed by atoms with Gasteiger partial charge in [-0.3, -0.25) is 0 Å². The molecule has 0 bridgehead atoms. The first-order chi connectivity index (χ1) is 9.18. The molecule has 0 aromatic heterocycles. The number of carboxylic acid groups (broad SMARTS) is 1. The number of carbonyl (C=O) groups is 1. The zero-order chi connectivity index (χ0) is 13.7. The van der Waals surface area contributed by atoms with Gasteiger partial charge in [0.1, 0.15) is 5.82 Å². The van der Waals surface area contributed by atoms with Crippen molar-refractivity contribution in [2.75, 3.05) is 6.61 Å². The molecular formula is C15H19FO3. The van der Waals surface area contributed by atoms with Crippen LogP contribution in [0.15, 0.2) is 18.2 Å². The molecule has 0 unspecified atom stereocenters. The first kappa shape index (κ1) is 14.0. The molecule has 1 aromatic carbocycles. The summed E-state index contributed by atoms with van der Waals surface area (Å²) in [5.41, 5.74) is 0.0227. The first-order valence-electron chi connectivity index (χ1n) is 6.77. The Balaban J connectivity index is 1.88. The number of hydrogen-bond donors (Lipinski definition) is 1. The molecule has 0 heterocycles. The minimum absolute atomic E-state index is 0.142. The molecule has 3 nitrogen and oxygen atoms in total. The minimum atomic E-state index is -1.24.